The van der Waals surface area contributed by atoms with E-state index in [-0.39, 0.29) is 31.4 Å². The Hall–Kier alpha value is -1.29. The maximum Gasteiger partial charge on any atom is 0.147 e. The van der Waals surface area contributed by atoms with Gasteiger partial charge in [-0.15, -0.1) is 30.4 Å². The van der Waals surface area contributed by atoms with Crippen LogP contribution in [0.15, 0.2) is 48.5 Å². The molecule has 2 aromatic carbocycles. The zero-order valence-corrected chi connectivity index (χ0v) is 34.9. The first-order chi connectivity index (χ1) is 25.2. The Labute approximate surface area is 363 Å². The van der Waals surface area contributed by atoms with Gasteiger partial charge in [0.15, 0.2) is 0 Å². The predicted molar refractivity (Wildman–Crippen MR) is 224 cm³/mol. The highest BCUT2D eigenvalue weighted by atomic mass is 127. The number of ether oxygens (including phenoxy) is 3. The summed E-state index contributed by atoms with van der Waals surface area (Å²) in [5.41, 5.74) is 0.977. The highest BCUT2D eigenvalue weighted by molar-refractivity contribution is 14.1. The molecule has 15 atom stereocenters. The van der Waals surface area contributed by atoms with E-state index in [1.54, 1.807) is 24.3 Å². The highest BCUT2D eigenvalue weighted by Gasteiger charge is 2.44. The van der Waals surface area contributed by atoms with Crippen molar-refractivity contribution in [3.63, 3.8) is 0 Å². The molecule has 18 heteroatoms. The van der Waals surface area contributed by atoms with Crippen LogP contribution in [0.5, 0.6) is 0 Å². The van der Waals surface area contributed by atoms with Crippen molar-refractivity contribution < 1.29 is 75.5 Å². The van der Waals surface area contributed by atoms with Gasteiger partial charge in [0, 0.05) is 18.3 Å². The van der Waals surface area contributed by atoms with Gasteiger partial charge >= 0.3 is 0 Å². The molecule has 12 N–H and O–H groups in total. The summed E-state index contributed by atoms with van der Waals surface area (Å²) in [5, 5.41) is 114. The summed E-state index contributed by atoms with van der Waals surface area (Å²) in [6.45, 7) is -1.55. The molecular formula is C37H47I3O15. The van der Waals surface area contributed by atoms with Gasteiger partial charge in [-0.2, -0.15) is 0 Å². The number of benzene rings is 2. The SMILES string of the molecule is C.C#C[C@H]1O[C@H](CO)[C@@H](O)[C@H](O)[C@@H]1O.I.Ic1cccc(I)c1.OC[C@H]1O[C@H](C#Cc2cccc(C#C[C@H]3O[C@H](CO)[C@@H](O)[C@H](O)[C@@H]3O)c2)[C@@H](O)[C@@H](O)[C@@H]1O. The highest BCUT2D eigenvalue weighted by Crippen LogP contribution is 2.23. The molecule has 3 saturated heterocycles. The number of aliphatic hydroxyl groups excluding tert-OH is 12. The van der Waals surface area contributed by atoms with Crippen molar-refractivity contribution in [2.45, 2.75) is 99.0 Å². The lowest BCUT2D eigenvalue weighted by Gasteiger charge is -2.37. The molecule has 306 valence electrons. The molecule has 0 bridgehead atoms. The van der Waals surface area contributed by atoms with E-state index in [0.29, 0.717) is 11.1 Å². The van der Waals surface area contributed by atoms with Crippen molar-refractivity contribution in [1.82, 2.24) is 0 Å². The smallest absolute Gasteiger partial charge is 0.147 e. The number of rotatable bonds is 3. The predicted octanol–water partition coefficient (Wildman–Crippen LogP) is -2.31. The van der Waals surface area contributed by atoms with Gasteiger partial charge in [-0.3, -0.25) is 0 Å². The summed E-state index contributed by atoms with van der Waals surface area (Å²) >= 11 is 4.60. The van der Waals surface area contributed by atoms with E-state index < -0.39 is 111 Å². The number of hydrogen-bond donors (Lipinski definition) is 12. The van der Waals surface area contributed by atoms with Crippen LogP contribution in [0.25, 0.3) is 0 Å². The van der Waals surface area contributed by atoms with E-state index >= 15 is 0 Å². The molecular weight excluding hydrogens is 1070 g/mol. The van der Waals surface area contributed by atoms with Crippen molar-refractivity contribution in [3.05, 3.63) is 66.8 Å². The first-order valence-electron chi connectivity index (χ1n) is 16.1. The van der Waals surface area contributed by atoms with Crippen molar-refractivity contribution in [3.8, 4) is 36.0 Å². The summed E-state index contributed by atoms with van der Waals surface area (Å²) in [4.78, 5) is 0. The molecule has 2 aromatic rings. The molecule has 0 aromatic heterocycles. The fourth-order valence-corrected chi connectivity index (χ4v) is 6.81. The first-order valence-corrected chi connectivity index (χ1v) is 18.2. The Morgan fingerprint density at radius 2 is 0.836 bits per heavy atom. The van der Waals surface area contributed by atoms with E-state index in [1.165, 1.54) is 7.14 Å². The summed E-state index contributed by atoms with van der Waals surface area (Å²) < 4.78 is 18.2. The Kier molecular flexibility index (Phi) is 23.7. The Balaban J connectivity index is 0.000000538. The first kappa shape index (κ1) is 51.7. The summed E-state index contributed by atoms with van der Waals surface area (Å²) in [7, 11) is 0. The minimum atomic E-state index is -1.52. The second-order valence-corrected chi connectivity index (χ2v) is 14.5. The molecule has 0 aliphatic carbocycles. The Morgan fingerprint density at radius 1 is 0.509 bits per heavy atom. The van der Waals surface area contributed by atoms with Crippen LogP contribution in [0.4, 0.5) is 0 Å². The van der Waals surface area contributed by atoms with Crippen LogP contribution in [-0.4, -0.2) is 173 Å². The third-order valence-corrected chi connectivity index (χ3v) is 9.55. The van der Waals surface area contributed by atoms with Gasteiger partial charge in [-0.25, -0.2) is 0 Å². The van der Waals surface area contributed by atoms with Gasteiger partial charge in [-0.1, -0.05) is 49.2 Å². The molecule has 0 saturated carbocycles. The number of aliphatic hydroxyl groups is 12. The molecule has 55 heavy (non-hydrogen) atoms. The zero-order valence-electron chi connectivity index (χ0n) is 28.2. The number of terminal acetylenes is 1. The van der Waals surface area contributed by atoms with Crippen molar-refractivity contribution in [2.24, 2.45) is 0 Å². The second kappa shape index (κ2) is 25.3. The largest absolute Gasteiger partial charge is 0.394 e. The Bertz CT molecular complexity index is 1530. The fraction of sp³-hybridized carbons (Fsp3) is 0.514. The molecule has 3 fully saturated rings. The van der Waals surface area contributed by atoms with Gasteiger partial charge in [0.1, 0.15) is 91.6 Å². The molecule has 0 amide bonds. The van der Waals surface area contributed by atoms with Gasteiger partial charge in [0.05, 0.1) is 19.8 Å². The van der Waals surface area contributed by atoms with Crippen molar-refractivity contribution in [2.75, 3.05) is 19.8 Å². The maximum absolute atomic E-state index is 10.1. The normalized spacial score (nSPS) is 35.0. The van der Waals surface area contributed by atoms with Gasteiger partial charge in [0.2, 0.25) is 0 Å². The van der Waals surface area contributed by atoms with E-state index in [1.807, 2.05) is 0 Å². The molecule has 3 heterocycles. The van der Waals surface area contributed by atoms with Gasteiger partial charge in [0.25, 0.3) is 0 Å². The van der Waals surface area contributed by atoms with Crippen LogP contribution in [0.1, 0.15) is 18.6 Å². The van der Waals surface area contributed by atoms with E-state index in [4.69, 9.17) is 25.7 Å². The van der Waals surface area contributed by atoms with Gasteiger partial charge < -0.3 is 75.5 Å². The fourth-order valence-electron chi connectivity index (χ4n) is 5.12. The van der Waals surface area contributed by atoms with Gasteiger partial charge in [-0.05, 0) is 81.6 Å². The molecule has 15 nitrogen and oxygen atoms in total. The summed E-state index contributed by atoms with van der Waals surface area (Å²) in [6, 6.07) is 15.0. The zero-order chi connectivity index (χ0) is 39.4. The van der Waals surface area contributed by atoms with Crippen LogP contribution in [0.3, 0.4) is 0 Å². The monoisotopic (exact) mass is 1110 g/mol. The minimum absolute atomic E-state index is 0. The number of hydrogen-bond acceptors (Lipinski definition) is 15. The van der Waals surface area contributed by atoms with Crippen LogP contribution in [0, 0.1) is 43.2 Å². The van der Waals surface area contributed by atoms with Crippen LogP contribution >= 0.6 is 69.2 Å². The maximum atomic E-state index is 10.1. The van der Waals surface area contributed by atoms with E-state index in [2.05, 4.69) is 99.0 Å². The third-order valence-electron chi connectivity index (χ3n) is 8.21. The minimum Gasteiger partial charge on any atom is -0.394 e. The average molecular weight is 1110 g/mol. The van der Waals surface area contributed by atoms with Crippen LogP contribution in [0.2, 0.25) is 0 Å². The molecule has 3 aliphatic rings. The lowest BCUT2D eigenvalue weighted by Crippen LogP contribution is -2.58. The second-order valence-electron chi connectivity index (χ2n) is 12.0. The summed E-state index contributed by atoms with van der Waals surface area (Å²) in [6.07, 6.45) is -14.2. The number of halogens is 3. The van der Waals surface area contributed by atoms with E-state index in [0.717, 1.165) is 0 Å². The Morgan fingerprint density at radius 3 is 1.15 bits per heavy atom. The molecule has 5 rings (SSSR count). The third kappa shape index (κ3) is 14.5. The topological polar surface area (TPSA) is 270 Å². The molecule has 0 unspecified atom stereocenters. The lowest BCUT2D eigenvalue weighted by atomic mass is 9.95. The van der Waals surface area contributed by atoms with Crippen molar-refractivity contribution >= 4 is 69.2 Å². The van der Waals surface area contributed by atoms with Crippen LogP contribution < -0.4 is 0 Å². The molecule has 0 spiro atoms. The molecule has 0 radical (unpaired) electrons. The quantitative estimate of drug-likeness (QED) is 0.114. The molecule has 3 aliphatic heterocycles. The lowest BCUT2D eigenvalue weighted by molar-refractivity contribution is -0.214. The van der Waals surface area contributed by atoms with Crippen LogP contribution in [-0.2, 0) is 14.2 Å². The average Bonchev–Trinajstić information content (AvgIpc) is 3.15. The summed E-state index contributed by atoms with van der Waals surface area (Å²) in [5.74, 6) is 13.0. The standard InChI is InChI=1S/C22H26O10.C8H12O5.C6H4I2.CH4.HI/c23-9-15-19(27)21(29)17(25)13(31-15)6-4-11-2-1-3-12(8-11)5-7-14-18(26)22(30)20(28)16(10-24)32-14;1-2-4-6(10)8(12)7(11)5(3-9)13-4;7-5-2-1-3-6(8)4-5;;/h1-3,8,13-30H,9-10H2;1,4-12H,3H2;1-4H;1H4;1H/t13-,14-,15-,16-,17-,18-,19-,20-,21-,22-;4-,5-,6-,7-,8-;;;/m11.../s1. The van der Waals surface area contributed by atoms with Crippen molar-refractivity contribution in [1.29, 1.82) is 0 Å². The van der Waals surface area contributed by atoms with E-state index in [9.17, 15) is 56.2 Å².